The average molecular weight is 296 g/mol. The zero-order chi connectivity index (χ0) is 15.7. The van der Waals surface area contributed by atoms with E-state index in [9.17, 15) is 4.79 Å². The maximum absolute atomic E-state index is 12.0. The molecule has 0 fully saturated rings. The molecule has 1 heterocycles. The Balaban J connectivity index is 2.30. The van der Waals surface area contributed by atoms with E-state index in [1.165, 1.54) is 0 Å². The first-order valence-corrected chi connectivity index (χ1v) is 7.64. The Bertz CT molecular complexity index is 429. The van der Waals surface area contributed by atoms with E-state index in [4.69, 9.17) is 10.5 Å². The molecule has 1 rings (SSSR count). The monoisotopic (exact) mass is 296 g/mol. The number of aromatic nitrogens is 2. The van der Waals surface area contributed by atoms with Crippen LogP contribution in [0.3, 0.4) is 0 Å². The second-order valence-electron chi connectivity index (χ2n) is 5.56. The zero-order valence-electron chi connectivity index (χ0n) is 13.4. The van der Waals surface area contributed by atoms with Gasteiger partial charge in [-0.2, -0.15) is 5.10 Å². The minimum atomic E-state index is -0.0982. The molecule has 21 heavy (non-hydrogen) atoms. The van der Waals surface area contributed by atoms with E-state index in [-0.39, 0.29) is 5.91 Å². The molecule has 0 aromatic carbocycles. The van der Waals surface area contributed by atoms with Gasteiger partial charge in [0.15, 0.2) is 0 Å². The lowest BCUT2D eigenvalue weighted by atomic mass is 10.1. The van der Waals surface area contributed by atoms with E-state index in [1.54, 1.807) is 6.20 Å². The van der Waals surface area contributed by atoms with Gasteiger partial charge < -0.3 is 15.8 Å². The Morgan fingerprint density at radius 2 is 2.24 bits per heavy atom. The second kappa shape index (κ2) is 9.52. The Hall–Kier alpha value is -1.40. The molecule has 3 N–H and O–H groups in total. The topological polar surface area (TPSA) is 82.2 Å². The van der Waals surface area contributed by atoms with Crippen molar-refractivity contribution in [2.24, 2.45) is 11.7 Å². The van der Waals surface area contributed by atoms with Crippen LogP contribution in [0.25, 0.3) is 0 Å². The molecule has 0 radical (unpaired) electrons. The van der Waals surface area contributed by atoms with E-state index in [0.717, 1.165) is 31.7 Å². The van der Waals surface area contributed by atoms with Crippen molar-refractivity contribution < 1.29 is 9.53 Å². The summed E-state index contributed by atoms with van der Waals surface area (Å²) in [4.78, 5) is 12.0. The van der Waals surface area contributed by atoms with Crippen LogP contribution in [0.5, 0.6) is 0 Å². The van der Waals surface area contributed by atoms with Crippen LogP contribution in [0.4, 0.5) is 0 Å². The van der Waals surface area contributed by atoms with E-state index in [2.05, 4.69) is 24.3 Å². The number of nitrogens with two attached hydrogens (primary N) is 1. The first-order chi connectivity index (χ1) is 10.1. The summed E-state index contributed by atoms with van der Waals surface area (Å²) in [6.07, 6.45) is 3.51. The molecule has 0 saturated heterocycles. The van der Waals surface area contributed by atoms with E-state index >= 15 is 0 Å². The first kappa shape index (κ1) is 17.7. The summed E-state index contributed by atoms with van der Waals surface area (Å²) in [5.74, 6) is 0.542. The minimum absolute atomic E-state index is 0.0982. The Kier molecular flexibility index (Phi) is 8.00. The van der Waals surface area contributed by atoms with Gasteiger partial charge >= 0.3 is 0 Å². The van der Waals surface area contributed by atoms with Gasteiger partial charge in [0.1, 0.15) is 0 Å². The van der Waals surface area contributed by atoms with Gasteiger partial charge in [0.25, 0.3) is 5.91 Å². The molecule has 1 aromatic heterocycles. The SMILES string of the molecule is Cc1c(C(=O)NCCOCCC(C)C)cnn1CCCN. The molecule has 0 saturated carbocycles. The molecule has 0 atom stereocenters. The van der Waals surface area contributed by atoms with Crippen molar-refractivity contribution in [3.05, 3.63) is 17.5 Å². The first-order valence-electron chi connectivity index (χ1n) is 7.64. The highest BCUT2D eigenvalue weighted by Crippen LogP contribution is 2.07. The third kappa shape index (κ3) is 6.27. The molecule has 0 bridgehead atoms. The van der Waals surface area contributed by atoms with Crippen molar-refractivity contribution in [2.45, 2.75) is 40.2 Å². The predicted molar refractivity (Wildman–Crippen MR) is 83.2 cm³/mol. The van der Waals surface area contributed by atoms with Crippen molar-refractivity contribution in [1.82, 2.24) is 15.1 Å². The summed E-state index contributed by atoms with van der Waals surface area (Å²) < 4.78 is 7.29. The van der Waals surface area contributed by atoms with Gasteiger partial charge in [-0.05, 0) is 32.2 Å². The quantitative estimate of drug-likeness (QED) is 0.638. The molecular weight excluding hydrogens is 268 g/mol. The molecule has 0 aliphatic carbocycles. The predicted octanol–water partition coefficient (Wildman–Crippen LogP) is 1.33. The minimum Gasteiger partial charge on any atom is -0.380 e. The molecule has 0 aliphatic rings. The average Bonchev–Trinajstić information content (AvgIpc) is 2.81. The van der Waals surface area contributed by atoms with Crippen LogP contribution in [0.2, 0.25) is 0 Å². The van der Waals surface area contributed by atoms with Gasteiger partial charge in [0.05, 0.1) is 18.4 Å². The standard InChI is InChI=1S/C15H28N4O2/c1-12(2)5-9-21-10-7-17-15(20)14-11-18-19(13(14)3)8-4-6-16/h11-12H,4-10,16H2,1-3H3,(H,17,20). The van der Waals surface area contributed by atoms with Crippen molar-refractivity contribution in [3.63, 3.8) is 0 Å². The third-order valence-corrected chi connectivity index (χ3v) is 3.29. The second-order valence-corrected chi connectivity index (χ2v) is 5.56. The fraction of sp³-hybridized carbons (Fsp3) is 0.733. The Morgan fingerprint density at radius 3 is 2.90 bits per heavy atom. The molecule has 1 aromatic rings. The lowest BCUT2D eigenvalue weighted by Crippen LogP contribution is -2.27. The van der Waals surface area contributed by atoms with Crippen molar-refractivity contribution in [1.29, 1.82) is 0 Å². The fourth-order valence-electron chi connectivity index (χ4n) is 1.89. The number of nitrogens with one attached hydrogen (secondary N) is 1. The highest BCUT2D eigenvalue weighted by molar-refractivity contribution is 5.94. The van der Waals surface area contributed by atoms with E-state index in [0.29, 0.717) is 31.2 Å². The highest BCUT2D eigenvalue weighted by Gasteiger charge is 2.13. The van der Waals surface area contributed by atoms with Gasteiger partial charge in [-0.1, -0.05) is 13.8 Å². The normalized spacial score (nSPS) is 11.1. The van der Waals surface area contributed by atoms with E-state index in [1.807, 2.05) is 11.6 Å². The van der Waals surface area contributed by atoms with Crippen molar-refractivity contribution in [3.8, 4) is 0 Å². The number of hydrogen-bond acceptors (Lipinski definition) is 4. The van der Waals surface area contributed by atoms with Crippen LogP contribution in [-0.4, -0.2) is 42.0 Å². The van der Waals surface area contributed by atoms with Gasteiger partial charge in [-0.3, -0.25) is 9.48 Å². The van der Waals surface area contributed by atoms with Gasteiger partial charge in [-0.15, -0.1) is 0 Å². The summed E-state index contributed by atoms with van der Waals surface area (Å²) >= 11 is 0. The number of nitrogens with zero attached hydrogens (tertiary/aromatic N) is 2. The molecule has 6 nitrogen and oxygen atoms in total. The molecule has 120 valence electrons. The van der Waals surface area contributed by atoms with Crippen LogP contribution in [0.1, 0.15) is 42.7 Å². The number of aryl methyl sites for hydroxylation is 1. The molecule has 0 spiro atoms. The Morgan fingerprint density at radius 1 is 1.48 bits per heavy atom. The third-order valence-electron chi connectivity index (χ3n) is 3.29. The van der Waals surface area contributed by atoms with Crippen LogP contribution in [-0.2, 0) is 11.3 Å². The smallest absolute Gasteiger partial charge is 0.254 e. The molecule has 1 amide bonds. The molecule has 6 heteroatoms. The van der Waals surface area contributed by atoms with Gasteiger partial charge in [-0.25, -0.2) is 0 Å². The number of rotatable bonds is 10. The summed E-state index contributed by atoms with van der Waals surface area (Å²) in [7, 11) is 0. The van der Waals surface area contributed by atoms with Crippen LogP contribution in [0.15, 0.2) is 6.20 Å². The lowest BCUT2D eigenvalue weighted by Gasteiger charge is -2.08. The van der Waals surface area contributed by atoms with Crippen LogP contribution < -0.4 is 11.1 Å². The molecule has 0 aliphatic heterocycles. The van der Waals surface area contributed by atoms with Crippen LogP contribution >= 0.6 is 0 Å². The Labute approximate surface area is 127 Å². The largest absolute Gasteiger partial charge is 0.380 e. The molecule has 0 unspecified atom stereocenters. The number of hydrogen-bond donors (Lipinski definition) is 2. The summed E-state index contributed by atoms with van der Waals surface area (Å²) in [5.41, 5.74) is 6.98. The summed E-state index contributed by atoms with van der Waals surface area (Å²) in [5, 5.41) is 7.08. The van der Waals surface area contributed by atoms with Gasteiger partial charge in [0, 0.05) is 25.4 Å². The summed E-state index contributed by atoms with van der Waals surface area (Å²) in [6.45, 7) is 9.39. The van der Waals surface area contributed by atoms with Crippen LogP contribution in [0, 0.1) is 12.8 Å². The van der Waals surface area contributed by atoms with Crippen molar-refractivity contribution in [2.75, 3.05) is 26.3 Å². The number of amides is 1. The number of ether oxygens (including phenoxy) is 1. The maximum atomic E-state index is 12.0. The lowest BCUT2D eigenvalue weighted by molar-refractivity contribution is 0.0905. The summed E-state index contributed by atoms with van der Waals surface area (Å²) in [6, 6.07) is 0. The molecular formula is C15H28N4O2. The van der Waals surface area contributed by atoms with Crippen molar-refractivity contribution >= 4 is 5.91 Å². The van der Waals surface area contributed by atoms with Gasteiger partial charge in [0.2, 0.25) is 0 Å². The maximum Gasteiger partial charge on any atom is 0.254 e. The highest BCUT2D eigenvalue weighted by atomic mass is 16.5. The number of carbonyl (C=O) groups is 1. The van der Waals surface area contributed by atoms with E-state index < -0.39 is 0 Å². The zero-order valence-corrected chi connectivity index (χ0v) is 13.4. The fourth-order valence-corrected chi connectivity index (χ4v) is 1.89. The number of carbonyl (C=O) groups excluding carboxylic acids is 1.